The van der Waals surface area contributed by atoms with E-state index < -0.39 is 11.2 Å². The minimum atomic E-state index is -0.879. The maximum atomic E-state index is 10.9. The standard InChI is InChI=1S/C13H11N5O2S/c1-8(13(19)20)21-11-6-5-10-15-16-12(18(10)17-11)9-4-2-3-7-14-9/h2-8H,1H3,(H,19,20)/t8-/m1/s1. The van der Waals surface area contributed by atoms with Crippen LogP contribution in [0.15, 0.2) is 41.6 Å². The van der Waals surface area contributed by atoms with Crippen molar-refractivity contribution in [1.82, 2.24) is 24.8 Å². The molecule has 0 aliphatic rings. The van der Waals surface area contributed by atoms with Crippen molar-refractivity contribution < 1.29 is 9.90 Å². The summed E-state index contributed by atoms with van der Waals surface area (Å²) >= 11 is 1.17. The summed E-state index contributed by atoms with van der Waals surface area (Å²) in [6.07, 6.45) is 1.67. The van der Waals surface area contributed by atoms with Crippen molar-refractivity contribution in [1.29, 1.82) is 0 Å². The SMILES string of the molecule is C[C@@H](Sc1ccc2nnc(-c3ccccn3)n2n1)C(=O)O. The Morgan fingerprint density at radius 2 is 2.14 bits per heavy atom. The van der Waals surface area contributed by atoms with E-state index in [1.807, 2.05) is 18.2 Å². The fourth-order valence-corrected chi connectivity index (χ4v) is 2.46. The lowest BCUT2D eigenvalue weighted by Crippen LogP contribution is -2.11. The average Bonchev–Trinajstić information content (AvgIpc) is 2.91. The van der Waals surface area contributed by atoms with Gasteiger partial charge in [0.05, 0.1) is 0 Å². The third-order valence-corrected chi connectivity index (χ3v) is 3.79. The second kappa shape index (κ2) is 5.49. The van der Waals surface area contributed by atoms with E-state index in [2.05, 4.69) is 20.3 Å². The van der Waals surface area contributed by atoms with Crippen molar-refractivity contribution in [2.75, 3.05) is 0 Å². The number of hydrogen-bond donors (Lipinski definition) is 1. The fourth-order valence-electron chi connectivity index (χ4n) is 1.72. The molecule has 21 heavy (non-hydrogen) atoms. The van der Waals surface area contributed by atoms with Crippen molar-refractivity contribution in [3.05, 3.63) is 36.5 Å². The maximum absolute atomic E-state index is 10.9. The molecule has 1 N–H and O–H groups in total. The molecular weight excluding hydrogens is 290 g/mol. The van der Waals surface area contributed by atoms with Crippen LogP contribution in [0.1, 0.15) is 6.92 Å². The largest absolute Gasteiger partial charge is 0.480 e. The third kappa shape index (κ3) is 2.70. The van der Waals surface area contributed by atoms with Crippen LogP contribution in [0.5, 0.6) is 0 Å². The number of nitrogens with zero attached hydrogens (tertiary/aromatic N) is 5. The first-order valence-electron chi connectivity index (χ1n) is 6.18. The van der Waals surface area contributed by atoms with Crippen LogP contribution in [0.4, 0.5) is 0 Å². The molecule has 3 aromatic heterocycles. The topological polar surface area (TPSA) is 93.3 Å². The monoisotopic (exact) mass is 301 g/mol. The molecule has 0 bridgehead atoms. The number of aromatic nitrogens is 5. The summed E-state index contributed by atoms with van der Waals surface area (Å²) in [4.78, 5) is 15.1. The normalized spacial score (nSPS) is 12.4. The predicted octanol–water partition coefficient (Wildman–Crippen LogP) is 1.75. The highest BCUT2D eigenvalue weighted by Gasteiger charge is 2.15. The Kier molecular flexibility index (Phi) is 3.53. The van der Waals surface area contributed by atoms with Crippen LogP contribution >= 0.6 is 11.8 Å². The van der Waals surface area contributed by atoms with Gasteiger partial charge in [-0.1, -0.05) is 17.8 Å². The van der Waals surface area contributed by atoms with E-state index in [-0.39, 0.29) is 0 Å². The van der Waals surface area contributed by atoms with Crippen molar-refractivity contribution in [2.45, 2.75) is 17.2 Å². The van der Waals surface area contributed by atoms with Gasteiger partial charge in [-0.3, -0.25) is 9.78 Å². The van der Waals surface area contributed by atoms with Crippen molar-refractivity contribution >= 4 is 23.4 Å². The molecule has 0 fully saturated rings. The zero-order valence-corrected chi connectivity index (χ0v) is 11.9. The fraction of sp³-hybridized carbons (Fsp3) is 0.154. The van der Waals surface area contributed by atoms with E-state index in [0.717, 1.165) is 0 Å². The Morgan fingerprint density at radius 3 is 2.86 bits per heavy atom. The number of carbonyl (C=O) groups is 1. The Hall–Kier alpha value is -2.48. The van der Waals surface area contributed by atoms with Gasteiger partial charge in [-0.05, 0) is 31.2 Å². The minimum Gasteiger partial charge on any atom is -0.480 e. The first-order valence-corrected chi connectivity index (χ1v) is 7.06. The molecule has 0 aliphatic heterocycles. The smallest absolute Gasteiger partial charge is 0.316 e. The van der Waals surface area contributed by atoms with Crippen molar-refractivity contribution in [2.24, 2.45) is 0 Å². The van der Waals surface area contributed by atoms with Crippen LogP contribution in [0, 0.1) is 0 Å². The molecule has 0 saturated carbocycles. The molecule has 0 unspecified atom stereocenters. The Labute approximate surface area is 124 Å². The molecule has 3 aromatic rings. The lowest BCUT2D eigenvalue weighted by Gasteiger charge is -2.05. The van der Waals surface area contributed by atoms with Crippen LogP contribution < -0.4 is 0 Å². The van der Waals surface area contributed by atoms with Crippen LogP contribution in [-0.2, 0) is 4.79 Å². The van der Waals surface area contributed by atoms with Gasteiger partial charge in [-0.15, -0.1) is 10.2 Å². The lowest BCUT2D eigenvalue weighted by atomic mass is 10.3. The molecular formula is C13H11N5O2S. The number of fused-ring (bicyclic) bond motifs is 1. The maximum Gasteiger partial charge on any atom is 0.316 e. The summed E-state index contributed by atoms with van der Waals surface area (Å²) in [5.41, 5.74) is 1.24. The highest BCUT2D eigenvalue weighted by Crippen LogP contribution is 2.22. The molecule has 3 rings (SSSR count). The second-order valence-electron chi connectivity index (χ2n) is 4.28. The van der Waals surface area contributed by atoms with Gasteiger partial charge < -0.3 is 5.11 Å². The number of thioether (sulfide) groups is 1. The summed E-state index contributed by atoms with van der Waals surface area (Å²) in [6, 6.07) is 8.97. The molecule has 106 valence electrons. The Bertz CT molecular complexity index is 790. The second-order valence-corrected chi connectivity index (χ2v) is 5.64. The van der Waals surface area contributed by atoms with Crippen LogP contribution in [0.2, 0.25) is 0 Å². The molecule has 0 spiro atoms. The predicted molar refractivity (Wildman–Crippen MR) is 77.0 cm³/mol. The summed E-state index contributed by atoms with van der Waals surface area (Å²) in [5, 5.41) is 21.5. The van der Waals surface area contributed by atoms with Gasteiger partial charge in [0.2, 0.25) is 5.82 Å². The molecule has 0 saturated heterocycles. The van der Waals surface area contributed by atoms with Crippen LogP contribution in [0.25, 0.3) is 17.2 Å². The first-order chi connectivity index (χ1) is 10.1. The molecule has 3 heterocycles. The van der Waals surface area contributed by atoms with E-state index in [1.54, 1.807) is 29.8 Å². The highest BCUT2D eigenvalue weighted by molar-refractivity contribution is 8.00. The lowest BCUT2D eigenvalue weighted by molar-refractivity contribution is -0.136. The van der Waals surface area contributed by atoms with Gasteiger partial charge in [0, 0.05) is 6.20 Å². The van der Waals surface area contributed by atoms with Gasteiger partial charge in [0.15, 0.2) is 5.65 Å². The van der Waals surface area contributed by atoms with Crippen LogP contribution in [0.3, 0.4) is 0 Å². The molecule has 8 heteroatoms. The molecule has 7 nitrogen and oxygen atoms in total. The van der Waals surface area contributed by atoms with E-state index in [4.69, 9.17) is 5.11 Å². The zero-order valence-electron chi connectivity index (χ0n) is 11.0. The van der Waals surface area contributed by atoms with Gasteiger partial charge in [-0.25, -0.2) is 0 Å². The summed E-state index contributed by atoms with van der Waals surface area (Å²) in [7, 11) is 0. The zero-order chi connectivity index (χ0) is 14.8. The molecule has 0 aliphatic carbocycles. The Morgan fingerprint density at radius 1 is 1.29 bits per heavy atom. The van der Waals surface area contributed by atoms with E-state index >= 15 is 0 Å². The van der Waals surface area contributed by atoms with E-state index in [9.17, 15) is 4.79 Å². The molecule has 1 atom stereocenters. The number of carboxylic acids is 1. The first kappa shape index (κ1) is 13.5. The highest BCUT2D eigenvalue weighted by atomic mass is 32.2. The van der Waals surface area contributed by atoms with Gasteiger partial charge in [-0.2, -0.15) is 9.61 Å². The number of carboxylic acid groups (broad SMARTS) is 1. The van der Waals surface area contributed by atoms with Crippen molar-refractivity contribution in [3.8, 4) is 11.5 Å². The average molecular weight is 301 g/mol. The quantitative estimate of drug-likeness (QED) is 0.734. The summed E-state index contributed by atoms with van der Waals surface area (Å²) in [5.74, 6) is -0.355. The van der Waals surface area contributed by atoms with Gasteiger partial charge in [0.25, 0.3) is 0 Å². The number of aliphatic carboxylic acids is 1. The van der Waals surface area contributed by atoms with Crippen molar-refractivity contribution in [3.63, 3.8) is 0 Å². The van der Waals surface area contributed by atoms with Gasteiger partial charge >= 0.3 is 5.97 Å². The number of rotatable bonds is 4. The minimum absolute atomic E-state index is 0.524. The Balaban J connectivity index is 2.02. The van der Waals surface area contributed by atoms with Gasteiger partial charge in [0.1, 0.15) is 16.0 Å². The number of pyridine rings is 1. The molecule has 0 amide bonds. The number of hydrogen-bond acceptors (Lipinski definition) is 6. The molecule has 0 aromatic carbocycles. The molecule has 0 radical (unpaired) electrons. The van der Waals surface area contributed by atoms with E-state index in [1.165, 1.54) is 11.8 Å². The van der Waals surface area contributed by atoms with Crippen LogP contribution in [-0.4, -0.2) is 41.1 Å². The summed E-state index contributed by atoms with van der Waals surface area (Å²) < 4.78 is 1.57. The third-order valence-electron chi connectivity index (χ3n) is 2.78. The van der Waals surface area contributed by atoms with E-state index in [0.29, 0.717) is 22.2 Å². The summed E-state index contributed by atoms with van der Waals surface area (Å²) in [6.45, 7) is 1.62.